The van der Waals surface area contributed by atoms with Gasteiger partial charge in [0.05, 0.1) is 11.7 Å². The standard InChI is InChI=1S/C31H40N4O4S/c1-20-17-26-27(14-8-11-22-19-32-15-16-35(22)30(36)39-31(2,3)4)33-29(40(5,37)38)34-28(26)18-25(20)24-13-7-10-21-9-6-12-23(21)24/h7,10,13,20,22,25,32H,6,9,11-12,15-19H2,1-5H3. The first-order valence-corrected chi connectivity index (χ1v) is 16.2. The van der Waals surface area contributed by atoms with Gasteiger partial charge >= 0.3 is 6.09 Å². The molecule has 2 aromatic rings. The maximum absolute atomic E-state index is 12.8. The van der Waals surface area contributed by atoms with Crippen LogP contribution in [-0.4, -0.2) is 66.9 Å². The van der Waals surface area contributed by atoms with Gasteiger partial charge < -0.3 is 15.0 Å². The van der Waals surface area contributed by atoms with E-state index >= 15 is 0 Å². The van der Waals surface area contributed by atoms with Gasteiger partial charge in [-0.15, -0.1) is 0 Å². The van der Waals surface area contributed by atoms with Crippen molar-refractivity contribution in [3.05, 3.63) is 51.8 Å². The average Bonchev–Trinajstić information content (AvgIpc) is 3.36. The number of ether oxygens (including phenoxy) is 1. The van der Waals surface area contributed by atoms with Gasteiger partial charge in [-0.05, 0) is 87.3 Å². The van der Waals surface area contributed by atoms with Crippen LogP contribution >= 0.6 is 0 Å². The van der Waals surface area contributed by atoms with Crippen LogP contribution in [0.25, 0.3) is 0 Å². The lowest BCUT2D eigenvalue weighted by molar-refractivity contribution is 0.0126. The molecule has 0 spiro atoms. The Morgan fingerprint density at radius 1 is 1.18 bits per heavy atom. The summed E-state index contributed by atoms with van der Waals surface area (Å²) in [5.41, 5.74) is 5.94. The van der Waals surface area contributed by atoms with Crippen LogP contribution in [0, 0.1) is 17.8 Å². The summed E-state index contributed by atoms with van der Waals surface area (Å²) in [4.78, 5) is 23.5. The molecule has 9 heteroatoms. The number of benzene rings is 1. The number of carbonyl (C=O) groups is 1. The number of sulfone groups is 1. The predicted molar refractivity (Wildman–Crippen MR) is 154 cm³/mol. The quantitative estimate of drug-likeness (QED) is 0.447. The van der Waals surface area contributed by atoms with Crippen molar-refractivity contribution in [1.82, 2.24) is 20.2 Å². The molecule has 1 N–H and O–H groups in total. The molecule has 3 aliphatic rings. The first-order valence-electron chi connectivity index (χ1n) is 14.3. The molecule has 214 valence electrons. The third-order valence-corrected chi connectivity index (χ3v) is 8.98. The van der Waals surface area contributed by atoms with Gasteiger partial charge in [0.1, 0.15) is 11.3 Å². The van der Waals surface area contributed by atoms with Gasteiger partial charge in [0.25, 0.3) is 0 Å². The van der Waals surface area contributed by atoms with Crippen LogP contribution in [0.3, 0.4) is 0 Å². The topological polar surface area (TPSA) is 101 Å². The summed E-state index contributed by atoms with van der Waals surface area (Å²) in [6.45, 7) is 9.69. The number of rotatable bonds is 3. The molecule has 1 aromatic carbocycles. The van der Waals surface area contributed by atoms with E-state index in [1.54, 1.807) is 4.90 Å². The van der Waals surface area contributed by atoms with E-state index in [-0.39, 0.29) is 23.2 Å². The van der Waals surface area contributed by atoms with Crippen LogP contribution in [0.1, 0.15) is 80.1 Å². The second-order valence-electron chi connectivity index (χ2n) is 12.4. The van der Waals surface area contributed by atoms with Crippen LogP contribution in [0.5, 0.6) is 0 Å². The number of nitrogens with one attached hydrogen (secondary N) is 1. The second kappa shape index (κ2) is 11.1. The van der Waals surface area contributed by atoms with Gasteiger partial charge in [-0.3, -0.25) is 0 Å². The molecule has 1 fully saturated rings. The summed E-state index contributed by atoms with van der Waals surface area (Å²) < 4.78 is 30.7. The van der Waals surface area contributed by atoms with Crippen molar-refractivity contribution in [2.75, 3.05) is 25.9 Å². The largest absolute Gasteiger partial charge is 0.444 e. The third-order valence-electron chi connectivity index (χ3n) is 8.13. The lowest BCUT2D eigenvalue weighted by Crippen LogP contribution is -2.54. The minimum absolute atomic E-state index is 0.147. The number of hydrogen-bond acceptors (Lipinski definition) is 7. The molecular weight excluding hydrogens is 524 g/mol. The summed E-state index contributed by atoms with van der Waals surface area (Å²) in [6.07, 6.45) is 6.06. The van der Waals surface area contributed by atoms with E-state index in [1.807, 2.05) is 20.8 Å². The van der Waals surface area contributed by atoms with Gasteiger partial charge in [-0.25, -0.2) is 23.2 Å². The van der Waals surface area contributed by atoms with E-state index in [1.165, 1.54) is 23.1 Å². The smallest absolute Gasteiger partial charge is 0.410 e. The molecular formula is C31H40N4O4S. The molecule has 1 saturated heterocycles. The number of aromatic nitrogens is 2. The van der Waals surface area contributed by atoms with Gasteiger partial charge in [0, 0.05) is 37.9 Å². The van der Waals surface area contributed by atoms with Gasteiger partial charge in [-0.1, -0.05) is 31.0 Å². The summed E-state index contributed by atoms with van der Waals surface area (Å²) in [5.74, 6) is 7.02. The molecule has 0 saturated carbocycles. The zero-order valence-electron chi connectivity index (χ0n) is 24.2. The fourth-order valence-corrected chi connectivity index (χ4v) is 6.74. The van der Waals surface area contributed by atoms with E-state index in [0.717, 1.165) is 36.8 Å². The minimum atomic E-state index is -3.62. The fourth-order valence-electron chi connectivity index (χ4n) is 6.20. The molecule has 2 heterocycles. The second-order valence-corrected chi connectivity index (χ2v) is 14.3. The Kier molecular flexibility index (Phi) is 7.95. The van der Waals surface area contributed by atoms with Crippen molar-refractivity contribution >= 4 is 15.9 Å². The van der Waals surface area contributed by atoms with Crippen LogP contribution in [0.15, 0.2) is 23.4 Å². The number of carbonyl (C=O) groups excluding carboxylic acids is 1. The van der Waals surface area contributed by atoms with Crippen molar-refractivity contribution in [1.29, 1.82) is 0 Å². The Hall–Kier alpha value is -2.96. The Balaban J connectivity index is 1.44. The number of hydrogen-bond donors (Lipinski definition) is 1. The van der Waals surface area contributed by atoms with Crippen LogP contribution in [-0.2, 0) is 40.3 Å². The van der Waals surface area contributed by atoms with Gasteiger partial charge in [0.15, 0.2) is 0 Å². The molecule has 0 bridgehead atoms. The summed E-state index contributed by atoms with van der Waals surface area (Å²) in [7, 11) is -3.62. The molecule has 2 aliphatic carbocycles. The third kappa shape index (κ3) is 6.18. The molecule has 1 aliphatic heterocycles. The number of amides is 1. The molecule has 5 rings (SSSR count). The molecule has 3 unspecified atom stereocenters. The Labute approximate surface area is 238 Å². The monoisotopic (exact) mass is 564 g/mol. The number of nitrogens with zero attached hydrogens (tertiary/aromatic N) is 3. The highest BCUT2D eigenvalue weighted by Crippen LogP contribution is 2.41. The van der Waals surface area contributed by atoms with Gasteiger partial charge in [-0.2, -0.15) is 0 Å². The summed E-state index contributed by atoms with van der Waals surface area (Å²) in [5, 5.41) is 3.16. The normalized spacial score (nSPS) is 22.6. The van der Waals surface area contributed by atoms with Crippen molar-refractivity contribution in [3.8, 4) is 11.8 Å². The zero-order chi connectivity index (χ0) is 28.7. The SMILES string of the molecule is CC1Cc2c(C#CCC3CNCCN3C(=O)OC(C)(C)C)nc(S(C)(=O)=O)nc2CC1c1cccc2c1CCC2. The maximum Gasteiger partial charge on any atom is 0.410 e. The van der Waals surface area contributed by atoms with E-state index in [0.29, 0.717) is 44.1 Å². The van der Waals surface area contributed by atoms with Crippen LogP contribution in [0.2, 0.25) is 0 Å². The lowest BCUT2D eigenvalue weighted by Gasteiger charge is -2.36. The van der Waals surface area contributed by atoms with E-state index in [9.17, 15) is 13.2 Å². The van der Waals surface area contributed by atoms with Crippen molar-refractivity contribution < 1.29 is 17.9 Å². The highest BCUT2D eigenvalue weighted by Gasteiger charge is 2.34. The van der Waals surface area contributed by atoms with Crippen molar-refractivity contribution in [3.63, 3.8) is 0 Å². The minimum Gasteiger partial charge on any atom is -0.444 e. The molecule has 3 atom stereocenters. The Morgan fingerprint density at radius 3 is 2.73 bits per heavy atom. The summed E-state index contributed by atoms with van der Waals surface area (Å²) >= 11 is 0. The number of fused-ring (bicyclic) bond motifs is 2. The highest BCUT2D eigenvalue weighted by atomic mass is 32.2. The molecule has 40 heavy (non-hydrogen) atoms. The zero-order valence-corrected chi connectivity index (χ0v) is 25.0. The number of aryl methyl sites for hydroxylation is 1. The first kappa shape index (κ1) is 28.6. The van der Waals surface area contributed by atoms with Gasteiger partial charge in [0.2, 0.25) is 15.0 Å². The van der Waals surface area contributed by atoms with Crippen molar-refractivity contribution in [2.24, 2.45) is 5.92 Å². The molecule has 1 aromatic heterocycles. The predicted octanol–water partition coefficient (Wildman–Crippen LogP) is 3.84. The molecule has 8 nitrogen and oxygen atoms in total. The molecule has 0 radical (unpaired) electrons. The Bertz CT molecular complexity index is 1470. The van der Waals surface area contributed by atoms with E-state index in [2.05, 4.69) is 52.2 Å². The fraction of sp³-hybridized carbons (Fsp3) is 0.581. The van der Waals surface area contributed by atoms with E-state index < -0.39 is 15.4 Å². The van der Waals surface area contributed by atoms with Crippen molar-refractivity contribution in [2.45, 2.75) is 88.9 Å². The van der Waals surface area contributed by atoms with Crippen LogP contribution < -0.4 is 5.32 Å². The summed E-state index contributed by atoms with van der Waals surface area (Å²) in [6, 6.07) is 6.48. The highest BCUT2D eigenvalue weighted by molar-refractivity contribution is 7.90. The number of piperazine rings is 1. The van der Waals surface area contributed by atoms with E-state index in [4.69, 9.17) is 4.74 Å². The molecule has 1 amide bonds. The average molecular weight is 565 g/mol. The maximum atomic E-state index is 12.8. The van der Waals surface area contributed by atoms with Crippen LogP contribution in [0.4, 0.5) is 4.79 Å². The first-order chi connectivity index (χ1) is 18.9. The Morgan fingerprint density at radius 2 is 1.98 bits per heavy atom. The lowest BCUT2D eigenvalue weighted by atomic mass is 9.73.